The number of rotatable bonds is 3. The molecule has 0 fully saturated rings. The van der Waals surface area contributed by atoms with Gasteiger partial charge in [-0.15, -0.1) is 0 Å². The summed E-state index contributed by atoms with van der Waals surface area (Å²) in [6.07, 6.45) is 13.0. The molecule has 2 atom stereocenters. The minimum Gasteiger partial charge on any atom is -0.508 e. The molecule has 2 unspecified atom stereocenters. The van der Waals surface area contributed by atoms with Gasteiger partial charge in [0.25, 0.3) is 0 Å². The highest BCUT2D eigenvalue weighted by Crippen LogP contribution is 2.29. The van der Waals surface area contributed by atoms with E-state index in [-0.39, 0.29) is 0 Å². The fourth-order valence-corrected chi connectivity index (χ4v) is 2.61. The maximum absolute atomic E-state index is 9.25. The molecule has 1 aliphatic carbocycles. The van der Waals surface area contributed by atoms with Crippen LogP contribution in [0.15, 0.2) is 60.3 Å². The normalized spacial score (nSPS) is 24.6. The Labute approximate surface area is 107 Å². The van der Waals surface area contributed by atoms with Gasteiger partial charge in [-0.25, -0.2) is 0 Å². The van der Waals surface area contributed by atoms with Crippen LogP contribution in [-0.2, 0) is 6.42 Å². The van der Waals surface area contributed by atoms with Crippen LogP contribution >= 0.6 is 0 Å². The fourth-order valence-electron chi connectivity index (χ4n) is 2.61. The van der Waals surface area contributed by atoms with Crippen molar-refractivity contribution in [1.29, 1.82) is 0 Å². The predicted molar refractivity (Wildman–Crippen MR) is 73.2 cm³/mol. The van der Waals surface area contributed by atoms with Crippen molar-refractivity contribution in [3.8, 4) is 5.75 Å². The molecule has 0 saturated heterocycles. The summed E-state index contributed by atoms with van der Waals surface area (Å²) in [6.45, 7) is 0. The lowest BCUT2D eigenvalue weighted by Gasteiger charge is -2.18. The van der Waals surface area contributed by atoms with Gasteiger partial charge in [0, 0.05) is 5.92 Å². The van der Waals surface area contributed by atoms with E-state index in [1.165, 1.54) is 11.1 Å². The minimum absolute atomic E-state index is 0.334. The number of aryl methyl sites for hydroxylation is 1. The third kappa shape index (κ3) is 2.19. The zero-order valence-corrected chi connectivity index (χ0v) is 10.2. The Balaban J connectivity index is 1.62. The second-order valence-electron chi connectivity index (χ2n) is 4.87. The summed E-state index contributed by atoms with van der Waals surface area (Å²) < 4.78 is 0. The van der Waals surface area contributed by atoms with Crippen molar-refractivity contribution in [3.05, 3.63) is 65.9 Å². The summed E-state index contributed by atoms with van der Waals surface area (Å²) in [7, 11) is 0. The molecule has 1 heterocycles. The first-order valence-corrected chi connectivity index (χ1v) is 6.41. The van der Waals surface area contributed by atoms with E-state index < -0.39 is 0 Å². The number of phenols is 1. The van der Waals surface area contributed by atoms with Gasteiger partial charge in [0.15, 0.2) is 0 Å². The molecule has 2 nitrogen and oxygen atoms in total. The first-order chi connectivity index (χ1) is 8.83. The molecule has 0 spiro atoms. The van der Waals surface area contributed by atoms with Gasteiger partial charge in [-0.1, -0.05) is 36.4 Å². The Kier molecular flexibility index (Phi) is 2.93. The number of phenolic OH excluding ortho intramolecular Hbond substituents is 1. The molecule has 1 aromatic rings. The van der Waals surface area contributed by atoms with Crippen LogP contribution in [0.25, 0.3) is 0 Å². The van der Waals surface area contributed by atoms with Gasteiger partial charge in [0.05, 0.1) is 6.04 Å². The molecule has 0 amide bonds. The standard InChI is InChI=1S/C16H17NO/c18-14-9-6-12(7-10-14)5-8-13-11-17-16-4-2-1-3-15(13)16/h1-4,6-7,9-11,15-18H,5,8H2. The molecule has 1 aliphatic heterocycles. The molecular formula is C16H17NO. The zero-order chi connectivity index (χ0) is 12.4. The predicted octanol–water partition coefficient (Wildman–Crippen LogP) is 2.92. The summed E-state index contributed by atoms with van der Waals surface area (Å²) in [5.41, 5.74) is 2.74. The molecule has 0 radical (unpaired) electrons. The second-order valence-corrected chi connectivity index (χ2v) is 4.87. The van der Waals surface area contributed by atoms with E-state index >= 15 is 0 Å². The van der Waals surface area contributed by atoms with Crippen LogP contribution in [0.2, 0.25) is 0 Å². The lowest BCUT2D eigenvalue weighted by Crippen LogP contribution is -2.25. The number of benzene rings is 1. The van der Waals surface area contributed by atoms with Crippen molar-refractivity contribution in [1.82, 2.24) is 5.32 Å². The van der Waals surface area contributed by atoms with Crippen LogP contribution in [0.3, 0.4) is 0 Å². The van der Waals surface area contributed by atoms with Gasteiger partial charge in [0.2, 0.25) is 0 Å². The van der Waals surface area contributed by atoms with Crippen molar-refractivity contribution in [3.63, 3.8) is 0 Å². The van der Waals surface area contributed by atoms with Crippen LogP contribution in [0.5, 0.6) is 5.75 Å². The van der Waals surface area contributed by atoms with Crippen LogP contribution in [0, 0.1) is 5.92 Å². The molecule has 92 valence electrons. The molecule has 0 saturated carbocycles. The van der Waals surface area contributed by atoms with Crippen molar-refractivity contribution in [2.75, 3.05) is 0 Å². The molecule has 3 rings (SSSR count). The molecule has 2 aliphatic rings. The number of hydrogen-bond donors (Lipinski definition) is 2. The second kappa shape index (κ2) is 4.73. The number of allylic oxidation sites excluding steroid dienone is 2. The van der Waals surface area contributed by atoms with E-state index in [4.69, 9.17) is 0 Å². The molecular weight excluding hydrogens is 222 g/mol. The van der Waals surface area contributed by atoms with E-state index in [2.05, 4.69) is 35.8 Å². The number of hydrogen-bond acceptors (Lipinski definition) is 2. The van der Waals surface area contributed by atoms with Crippen LogP contribution in [0.1, 0.15) is 12.0 Å². The molecule has 0 bridgehead atoms. The van der Waals surface area contributed by atoms with Gasteiger partial charge in [-0.3, -0.25) is 0 Å². The van der Waals surface area contributed by atoms with Crippen molar-refractivity contribution in [2.45, 2.75) is 18.9 Å². The van der Waals surface area contributed by atoms with Crippen LogP contribution in [0.4, 0.5) is 0 Å². The highest BCUT2D eigenvalue weighted by atomic mass is 16.3. The highest BCUT2D eigenvalue weighted by molar-refractivity contribution is 5.32. The average Bonchev–Trinajstić information content (AvgIpc) is 2.82. The lowest BCUT2D eigenvalue weighted by molar-refractivity contribution is 0.475. The van der Waals surface area contributed by atoms with Gasteiger partial charge in [-0.05, 0) is 42.3 Å². The molecule has 18 heavy (non-hydrogen) atoms. The maximum atomic E-state index is 9.25. The Morgan fingerprint density at radius 3 is 2.61 bits per heavy atom. The zero-order valence-electron chi connectivity index (χ0n) is 10.2. The topological polar surface area (TPSA) is 32.3 Å². The van der Waals surface area contributed by atoms with Crippen molar-refractivity contribution >= 4 is 0 Å². The maximum Gasteiger partial charge on any atom is 0.115 e. The number of fused-ring (bicyclic) bond motifs is 1. The molecule has 2 heteroatoms. The van der Waals surface area contributed by atoms with E-state index in [9.17, 15) is 5.11 Å². The molecule has 2 N–H and O–H groups in total. The third-order valence-corrected chi connectivity index (χ3v) is 3.66. The summed E-state index contributed by atoms with van der Waals surface area (Å²) in [5, 5.41) is 12.7. The SMILES string of the molecule is Oc1ccc(CCC2=CNC3C=CC=CC23)cc1. The fraction of sp³-hybridized carbons (Fsp3) is 0.250. The number of aromatic hydroxyl groups is 1. The summed E-state index contributed by atoms with van der Waals surface area (Å²) in [6, 6.07) is 7.94. The smallest absolute Gasteiger partial charge is 0.115 e. The van der Waals surface area contributed by atoms with Crippen molar-refractivity contribution < 1.29 is 5.11 Å². The third-order valence-electron chi connectivity index (χ3n) is 3.66. The summed E-state index contributed by atoms with van der Waals surface area (Å²) >= 11 is 0. The van der Waals surface area contributed by atoms with Crippen LogP contribution in [-0.4, -0.2) is 11.1 Å². The van der Waals surface area contributed by atoms with E-state index in [1.54, 1.807) is 12.1 Å². The largest absolute Gasteiger partial charge is 0.508 e. The van der Waals surface area contributed by atoms with Crippen LogP contribution < -0.4 is 5.32 Å². The monoisotopic (exact) mass is 239 g/mol. The first-order valence-electron chi connectivity index (χ1n) is 6.41. The minimum atomic E-state index is 0.334. The Morgan fingerprint density at radius 1 is 1.00 bits per heavy atom. The number of nitrogens with one attached hydrogen (secondary N) is 1. The van der Waals surface area contributed by atoms with Crippen molar-refractivity contribution in [2.24, 2.45) is 5.92 Å². The summed E-state index contributed by atoms with van der Waals surface area (Å²) in [5.74, 6) is 0.855. The van der Waals surface area contributed by atoms with E-state index in [0.29, 0.717) is 17.7 Å². The molecule has 1 aromatic carbocycles. The summed E-state index contributed by atoms with van der Waals surface area (Å²) in [4.78, 5) is 0. The van der Waals surface area contributed by atoms with Gasteiger partial charge < -0.3 is 10.4 Å². The first kappa shape index (κ1) is 11.1. The quantitative estimate of drug-likeness (QED) is 0.850. The lowest BCUT2D eigenvalue weighted by atomic mass is 9.88. The Morgan fingerprint density at radius 2 is 1.78 bits per heavy atom. The average molecular weight is 239 g/mol. The van der Waals surface area contributed by atoms with Gasteiger partial charge >= 0.3 is 0 Å². The van der Waals surface area contributed by atoms with Gasteiger partial charge in [-0.2, -0.15) is 0 Å². The van der Waals surface area contributed by atoms with E-state index in [0.717, 1.165) is 12.8 Å². The highest BCUT2D eigenvalue weighted by Gasteiger charge is 2.26. The Hall–Kier alpha value is -1.96. The Bertz CT molecular complexity index is 510. The van der Waals surface area contributed by atoms with E-state index in [1.807, 2.05) is 12.1 Å². The van der Waals surface area contributed by atoms with Gasteiger partial charge in [0.1, 0.15) is 5.75 Å². The molecule has 0 aromatic heterocycles.